The van der Waals surface area contributed by atoms with Crippen LogP contribution >= 0.6 is 0 Å². The number of carbonyl (C=O) groups is 1. The van der Waals surface area contributed by atoms with Crippen molar-refractivity contribution in [1.82, 2.24) is 24.8 Å². The molecule has 0 aliphatic carbocycles. The molecule has 1 fully saturated rings. The van der Waals surface area contributed by atoms with Gasteiger partial charge in [-0.15, -0.1) is 0 Å². The Morgan fingerprint density at radius 2 is 1.71 bits per heavy atom. The van der Waals surface area contributed by atoms with Crippen molar-refractivity contribution in [3.63, 3.8) is 0 Å². The Bertz CT molecular complexity index is 2050. The number of aromatic amines is 2. The lowest BCUT2D eigenvalue weighted by Gasteiger charge is -2.36. The summed E-state index contributed by atoms with van der Waals surface area (Å²) >= 11 is 0. The number of fused-ring (bicyclic) bond motifs is 2. The molecular formula is C36H46N6O6S. The van der Waals surface area contributed by atoms with Crippen LogP contribution in [-0.2, 0) is 16.4 Å². The van der Waals surface area contributed by atoms with E-state index >= 15 is 0 Å². The van der Waals surface area contributed by atoms with Crippen LogP contribution in [0, 0.1) is 34.6 Å². The Morgan fingerprint density at radius 1 is 1.04 bits per heavy atom. The molecule has 13 heteroatoms. The molecule has 0 radical (unpaired) electrons. The topological polar surface area (TPSA) is 161 Å². The SMILES string of the molecule is Cc1c(C)c(C)c(OC[C@H](O)CNc2cc[nH]c(=O)c2-c2nc3cc4c(cc3[nH]2)CN(C2CCN(CCS(C)(=O)=O)CC2)C4=O)c(C)c1C. The van der Waals surface area contributed by atoms with Crippen molar-refractivity contribution < 1.29 is 23.1 Å². The van der Waals surface area contributed by atoms with Gasteiger partial charge in [-0.05, 0) is 99.0 Å². The highest BCUT2D eigenvalue weighted by Crippen LogP contribution is 2.34. The smallest absolute Gasteiger partial charge is 0.261 e. The molecule has 1 amide bonds. The van der Waals surface area contributed by atoms with Gasteiger partial charge in [0.25, 0.3) is 11.5 Å². The Kier molecular flexibility index (Phi) is 9.62. The molecule has 2 aliphatic rings. The number of rotatable bonds is 11. The molecule has 49 heavy (non-hydrogen) atoms. The fourth-order valence-electron chi connectivity index (χ4n) is 7.01. The van der Waals surface area contributed by atoms with Gasteiger partial charge >= 0.3 is 0 Å². The third-order valence-electron chi connectivity index (χ3n) is 10.4. The van der Waals surface area contributed by atoms with Crippen LogP contribution in [-0.4, -0.2) is 101 Å². The highest BCUT2D eigenvalue weighted by atomic mass is 32.2. The van der Waals surface area contributed by atoms with Gasteiger partial charge in [-0.2, -0.15) is 0 Å². The molecule has 4 heterocycles. The molecule has 0 spiro atoms. The highest BCUT2D eigenvalue weighted by molar-refractivity contribution is 7.90. The summed E-state index contributed by atoms with van der Waals surface area (Å²) in [5.41, 5.74) is 9.01. The molecule has 6 rings (SSSR count). The van der Waals surface area contributed by atoms with E-state index < -0.39 is 15.9 Å². The van der Waals surface area contributed by atoms with Gasteiger partial charge in [-0.25, -0.2) is 13.4 Å². The van der Waals surface area contributed by atoms with Gasteiger partial charge in [0.15, 0.2) is 0 Å². The van der Waals surface area contributed by atoms with Crippen molar-refractivity contribution in [2.45, 2.75) is 66.2 Å². The van der Waals surface area contributed by atoms with E-state index in [0.29, 0.717) is 41.2 Å². The average molecular weight is 691 g/mol. The minimum atomic E-state index is -3.01. The molecule has 2 aromatic carbocycles. The predicted octanol–water partition coefficient (Wildman–Crippen LogP) is 3.78. The van der Waals surface area contributed by atoms with Gasteiger partial charge < -0.3 is 34.9 Å². The van der Waals surface area contributed by atoms with Gasteiger partial charge in [0.1, 0.15) is 39.7 Å². The molecule has 4 aromatic rings. The lowest BCUT2D eigenvalue weighted by Crippen LogP contribution is -2.45. The zero-order valence-corrected chi connectivity index (χ0v) is 29.9. The second-order valence-electron chi connectivity index (χ2n) is 13.6. The summed E-state index contributed by atoms with van der Waals surface area (Å²) in [6.07, 6.45) is 3.54. The average Bonchev–Trinajstić information content (AvgIpc) is 3.62. The van der Waals surface area contributed by atoms with E-state index in [9.17, 15) is 23.1 Å². The summed E-state index contributed by atoms with van der Waals surface area (Å²) in [5, 5.41) is 14.0. The zero-order valence-electron chi connectivity index (χ0n) is 29.1. The first-order chi connectivity index (χ1) is 23.2. The van der Waals surface area contributed by atoms with Crippen LogP contribution in [0.3, 0.4) is 0 Å². The molecule has 2 aliphatic heterocycles. The molecular weight excluding hydrogens is 644 g/mol. The third kappa shape index (κ3) is 7.10. The van der Waals surface area contributed by atoms with Crippen LogP contribution in [0.15, 0.2) is 29.2 Å². The number of likely N-dealkylation sites (tertiary alicyclic amines) is 1. The molecule has 2 aromatic heterocycles. The molecule has 1 atom stereocenters. The minimum Gasteiger partial charge on any atom is -0.490 e. The number of aliphatic hydroxyl groups excluding tert-OH is 1. The van der Waals surface area contributed by atoms with Crippen molar-refractivity contribution >= 4 is 32.5 Å². The van der Waals surface area contributed by atoms with Gasteiger partial charge in [0, 0.05) is 56.8 Å². The van der Waals surface area contributed by atoms with E-state index in [-0.39, 0.29) is 36.4 Å². The van der Waals surface area contributed by atoms with Crippen molar-refractivity contribution in [1.29, 1.82) is 0 Å². The number of nitrogens with one attached hydrogen (secondary N) is 3. The summed E-state index contributed by atoms with van der Waals surface area (Å²) in [6, 6.07) is 5.54. The molecule has 1 saturated heterocycles. The number of aliphatic hydroxyl groups is 1. The number of ether oxygens (including phenoxy) is 1. The first-order valence-electron chi connectivity index (χ1n) is 16.8. The lowest BCUT2D eigenvalue weighted by molar-refractivity contribution is 0.0603. The first-order valence-corrected chi connectivity index (χ1v) is 18.8. The maximum absolute atomic E-state index is 13.5. The lowest BCUT2D eigenvalue weighted by atomic mass is 9.94. The standard InChI is InChI=1S/C36H46N6O6S/c1-20-21(2)23(4)33(24(5)22(20)3)48-19-27(43)17-38-29-7-10-37-35(44)32(29)34-39-30-15-25-18-42(36(45)28(25)16-31(30)40-34)26-8-11-41(12-9-26)13-14-49(6,46)47/h7,10,15-16,26-27,43H,8-9,11-14,17-19H2,1-6H3,(H,39,40)(H2,37,38,44)/t27-/m1/s1. The van der Waals surface area contributed by atoms with Crippen molar-refractivity contribution in [3.8, 4) is 17.1 Å². The summed E-state index contributed by atoms with van der Waals surface area (Å²) < 4.78 is 29.2. The van der Waals surface area contributed by atoms with E-state index in [1.807, 2.05) is 24.8 Å². The van der Waals surface area contributed by atoms with Crippen molar-refractivity contribution in [2.75, 3.05) is 50.1 Å². The number of carbonyl (C=O) groups excluding carboxylic acids is 1. The van der Waals surface area contributed by atoms with Crippen LogP contribution < -0.4 is 15.6 Å². The van der Waals surface area contributed by atoms with Gasteiger partial charge in [0.05, 0.1) is 22.5 Å². The summed E-state index contributed by atoms with van der Waals surface area (Å²) in [5.74, 6) is 1.26. The largest absolute Gasteiger partial charge is 0.490 e. The monoisotopic (exact) mass is 690 g/mol. The third-order valence-corrected chi connectivity index (χ3v) is 11.3. The van der Waals surface area contributed by atoms with Gasteiger partial charge in [0.2, 0.25) is 0 Å². The fourth-order valence-corrected chi connectivity index (χ4v) is 7.60. The number of nitrogens with zero attached hydrogens (tertiary/aromatic N) is 3. The van der Waals surface area contributed by atoms with Gasteiger partial charge in [-0.3, -0.25) is 9.59 Å². The molecule has 12 nitrogen and oxygen atoms in total. The van der Waals surface area contributed by atoms with Crippen molar-refractivity contribution in [3.05, 3.63) is 73.7 Å². The number of pyridine rings is 1. The Morgan fingerprint density at radius 3 is 2.39 bits per heavy atom. The van der Waals surface area contributed by atoms with Crippen LogP contribution in [0.2, 0.25) is 0 Å². The number of anilines is 1. The van der Waals surface area contributed by atoms with Crippen LogP contribution in [0.25, 0.3) is 22.4 Å². The summed E-state index contributed by atoms with van der Waals surface area (Å²) in [4.78, 5) is 41.4. The number of aromatic nitrogens is 3. The number of hydrogen-bond donors (Lipinski definition) is 4. The minimum absolute atomic E-state index is 0.0338. The van der Waals surface area contributed by atoms with Crippen LogP contribution in [0.5, 0.6) is 5.75 Å². The van der Waals surface area contributed by atoms with E-state index in [2.05, 4.69) is 41.0 Å². The van der Waals surface area contributed by atoms with E-state index in [4.69, 9.17) is 9.72 Å². The normalized spacial score (nSPS) is 16.4. The number of hydrogen-bond acceptors (Lipinski definition) is 9. The second-order valence-corrected chi connectivity index (χ2v) is 15.9. The van der Waals surface area contributed by atoms with Crippen LogP contribution in [0.1, 0.15) is 56.6 Å². The maximum Gasteiger partial charge on any atom is 0.261 e. The highest BCUT2D eigenvalue weighted by Gasteiger charge is 2.35. The number of benzene rings is 2. The molecule has 0 unspecified atom stereocenters. The Labute approximate surface area is 286 Å². The van der Waals surface area contributed by atoms with E-state index in [1.165, 1.54) is 22.9 Å². The first kappa shape index (κ1) is 34.7. The zero-order chi connectivity index (χ0) is 35.2. The van der Waals surface area contributed by atoms with Gasteiger partial charge in [-0.1, -0.05) is 0 Å². The fraction of sp³-hybridized carbons (Fsp3) is 0.472. The Hall–Kier alpha value is -4.20. The summed E-state index contributed by atoms with van der Waals surface area (Å²) in [7, 11) is -3.01. The van der Waals surface area contributed by atoms with E-state index in [0.717, 1.165) is 53.9 Å². The predicted molar refractivity (Wildman–Crippen MR) is 191 cm³/mol. The number of sulfone groups is 1. The second kappa shape index (κ2) is 13.6. The van der Waals surface area contributed by atoms with Crippen molar-refractivity contribution in [2.24, 2.45) is 0 Å². The number of piperidine rings is 1. The van der Waals surface area contributed by atoms with Crippen LogP contribution in [0.4, 0.5) is 5.69 Å². The summed E-state index contributed by atoms with van der Waals surface area (Å²) in [6.45, 7) is 13.1. The number of H-pyrrole nitrogens is 2. The number of imidazole rings is 1. The van der Waals surface area contributed by atoms with E-state index in [1.54, 1.807) is 18.3 Å². The molecule has 0 bridgehead atoms. The molecule has 4 N–H and O–H groups in total. The molecule has 262 valence electrons. The quantitative estimate of drug-likeness (QED) is 0.184. The Balaban J connectivity index is 1.13. The number of amides is 1. The molecule has 0 saturated carbocycles. The maximum atomic E-state index is 13.5.